The topological polar surface area (TPSA) is 61.6 Å². The van der Waals surface area contributed by atoms with Crippen molar-refractivity contribution in [3.8, 4) is 0 Å². The first kappa shape index (κ1) is 15.7. The van der Waals surface area contributed by atoms with Gasteiger partial charge in [-0.3, -0.25) is 14.6 Å². The molecule has 0 spiro atoms. The summed E-state index contributed by atoms with van der Waals surface area (Å²) in [4.78, 5) is 16.9. The van der Waals surface area contributed by atoms with Crippen LogP contribution >= 0.6 is 0 Å². The van der Waals surface area contributed by atoms with Gasteiger partial charge in [-0.2, -0.15) is 0 Å². The first-order valence-corrected chi connectivity index (χ1v) is 8.15. The molecular weight excluding hydrogens is 252 g/mol. The van der Waals surface area contributed by atoms with Crippen molar-refractivity contribution < 1.29 is 4.79 Å². The van der Waals surface area contributed by atoms with E-state index in [1.807, 2.05) is 0 Å². The van der Waals surface area contributed by atoms with Crippen LogP contribution in [0, 0.1) is 0 Å². The van der Waals surface area contributed by atoms with Crippen LogP contribution in [0.4, 0.5) is 0 Å². The number of carbonyl (C=O) groups excluding carboxylic acids is 1. The molecule has 1 aliphatic carbocycles. The van der Waals surface area contributed by atoms with Crippen LogP contribution < -0.4 is 11.1 Å². The molecule has 1 amide bonds. The molecular formula is C15H30N4O. The van der Waals surface area contributed by atoms with Crippen molar-refractivity contribution in [2.45, 2.75) is 57.7 Å². The number of likely N-dealkylation sites (N-methyl/N-ethyl adjacent to an activating group) is 1. The van der Waals surface area contributed by atoms with Crippen LogP contribution in [0.5, 0.6) is 0 Å². The Hall–Kier alpha value is -0.650. The van der Waals surface area contributed by atoms with Gasteiger partial charge < -0.3 is 11.1 Å². The van der Waals surface area contributed by atoms with Crippen LogP contribution in [0.2, 0.25) is 0 Å². The van der Waals surface area contributed by atoms with E-state index in [9.17, 15) is 4.79 Å². The molecule has 20 heavy (non-hydrogen) atoms. The Kier molecular flexibility index (Phi) is 5.81. The zero-order valence-corrected chi connectivity index (χ0v) is 13.0. The van der Waals surface area contributed by atoms with Gasteiger partial charge in [0.25, 0.3) is 0 Å². The SMILES string of the molecule is CCN(CC)C1CCN(C(CN)CC(=O)NC2CC2)C1. The van der Waals surface area contributed by atoms with E-state index in [1.54, 1.807) is 0 Å². The summed E-state index contributed by atoms with van der Waals surface area (Å²) < 4.78 is 0. The van der Waals surface area contributed by atoms with Gasteiger partial charge in [0.05, 0.1) is 0 Å². The normalized spacial score (nSPS) is 25.1. The molecule has 1 saturated carbocycles. The second kappa shape index (κ2) is 7.38. The van der Waals surface area contributed by atoms with Crippen molar-refractivity contribution in [2.24, 2.45) is 5.73 Å². The van der Waals surface area contributed by atoms with E-state index in [4.69, 9.17) is 5.73 Å². The van der Waals surface area contributed by atoms with Crippen molar-refractivity contribution >= 4 is 5.91 Å². The van der Waals surface area contributed by atoms with E-state index >= 15 is 0 Å². The van der Waals surface area contributed by atoms with E-state index in [0.29, 0.717) is 25.0 Å². The molecule has 2 unspecified atom stereocenters. The number of hydrogen-bond donors (Lipinski definition) is 2. The fourth-order valence-corrected chi connectivity index (χ4v) is 3.23. The Bertz CT molecular complexity index is 315. The minimum atomic E-state index is 0.175. The molecule has 0 aromatic heterocycles. The van der Waals surface area contributed by atoms with Crippen molar-refractivity contribution in [1.29, 1.82) is 0 Å². The largest absolute Gasteiger partial charge is 0.353 e. The second-order valence-corrected chi connectivity index (χ2v) is 6.09. The van der Waals surface area contributed by atoms with E-state index in [-0.39, 0.29) is 11.9 Å². The molecule has 2 fully saturated rings. The highest BCUT2D eigenvalue weighted by molar-refractivity contribution is 5.77. The monoisotopic (exact) mass is 282 g/mol. The molecule has 0 bridgehead atoms. The molecule has 5 nitrogen and oxygen atoms in total. The zero-order chi connectivity index (χ0) is 14.5. The Morgan fingerprint density at radius 3 is 2.60 bits per heavy atom. The molecule has 116 valence electrons. The lowest BCUT2D eigenvalue weighted by Crippen LogP contribution is -2.45. The third-order valence-corrected chi connectivity index (χ3v) is 4.68. The average Bonchev–Trinajstić information content (AvgIpc) is 3.12. The van der Waals surface area contributed by atoms with Crippen LogP contribution in [-0.2, 0) is 4.79 Å². The van der Waals surface area contributed by atoms with Gasteiger partial charge in [0, 0.05) is 44.2 Å². The van der Waals surface area contributed by atoms with Crippen molar-refractivity contribution in [1.82, 2.24) is 15.1 Å². The molecule has 2 aliphatic rings. The number of carbonyl (C=O) groups is 1. The molecule has 2 atom stereocenters. The molecule has 0 radical (unpaired) electrons. The highest BCUT2D eigenvalue weighted by atomic mass is 16.1. The molecule has 1 saturated heterocycles. The van der Waals surface area contributed by atoms with Gasteiger partial charge in [0.2, 0.25) is 5.91 Å². The maximum atomic E-state index is 11.9. The summed E-state index contributed by atoms with van der Waals surface area (Å²) in [5.41, 5.74) is 5.90. The fourth-order valence-electron chi connectivity index (χ4n) is 3.23. The lowest BCUT2D eigenvalue weighted by molar-refractivity contribution is -0.122. The average molecular weight is 282 g/mol. The maximum Gasteiger partial charge on any atom is 0.221 e. The van der Waals surface area contributed by atoms with Gasteiger partial charge in [-0.15, -0.1) is 0 Å². The van der Waals surface area contributed by atoms with Crippen molar-refractivity contribution in [3.63, 3.8) is 0 Å². The Labute approximate surface area is 122 Å². The number of nitrogens with one attached hydrogen (secondary N) is 1. The summed E-state index contributed by atoms with van der Waals surface area (Å²) >= 11 is 0. The van der Waals surface area contributed by atoms with E-state index < -0.39 is 0 Å². The molecule has 0 aromatic rings. The molecule has 3 N–H and O–H groups in total. The van der Waals surface area contributed by atoms with Gasteiger partial charge in [-0.25, -0.2) is 0 Å². The van der Waals surface area contributed by atoms with Gasteiger partial charge in [-0.05, 0) is 32.4 Å². The highest BCUT2D eigenvalue weighted by Gasteiger charge is 2.32. The first-order valence-electron chi connectivity index (χ1n) is 8.15. The first-order chi connectivity index (χ1) is 9.67. The highest BCUT2D eigenvalue weighted by Crippen LogP contribution is 2.21. The molecule has 2 rings (SSSR count). The third kappa shape index (κ3) is 4.17. The van der Waals surface area contributed by atoms with Crippen molar-refractivity contribution in [3.05, 3.63) is 0 Å². The second-order valence-electron chi connectivity index (χ2n) is 6.09. The lowest BCUT2D eigenvalue weighted by atomic mass is 10.1. The number of rotatable bonds is 8. The van der Waals surface area contributed by atoms with Crippen LogP contribution in [0.15, 0.2) is 0 Å². The van der Waals surface area contributed by atoms with Crippen LogP contribution in [0.25, 0.3) is 0 Å². The fraction of sp³-hybridized carbons (Fsp3) is 0.933. The Balaban J connectivity index is 1.80. The smallest absolute Gasteiger partial charge is 0.221 e. The number of nitrogens with zero attached hydrogens (tertiary/aromatic N) is 2. The van der Waals surface area contributed by atoms with Crippen LogP contribution in [0.1, 0.15) is 39.5 Å². The Morgan fingerprint density at radius 2 is 2.05 bits per heavy atom. The Morgan fingerprint density at radius 1 is 1.35 bits per heavy atom. The van der Waals surface area contributed by atoms with Crippen LogP contribution in [-0.4, -0.2) is 66.6 Å². The quantitative estimate of drug-likeness (QED) is 0.676. The predicted molar refractivity (Wildman–Crippen MR) is 81.5 cm³/mol. The molecule has 5 heteroatoms. The molecule has 1 aliphatic heterocycles. The minimum Gasteiger partial charge on any atom is -0.353 e. The van der Waals surface area contributed by atoms with E-state index in [1.165, 1.54) is 6.42 Å². The van der Waals surface area contributed by atoms with Gasteiger partial charge in [0.15, 0.2) is 0 Å². The summed E-state index contributed by atoms with van der Waals surface area (Å²) in [5, 5.41) is 3.07. The maximum absolute atomic E-state index is 11.9. The number of hydrogen-bond acceptors (Lipinski definition) is 4. The van der Waals surface area contributed by atoms with Gasteiger partial charge in [0.1, 0.15) is 0 Å². The summed E-state index contributed by atoms with van der Waals surface area (Å²) in [6.07, 6.45) is 4.04. The summed E-state index contributed by atoms with van der Waals surface area (Å²) in [6, 6.07) is 1.28. The van der Waals surface area contributed by atoms with Crippen LogP contribution in [0.3, 0.4) is 0 Å². The summed E-state index contributed by atoms with van der Waals surface area (Å²) in [7, 11) is 0. The minimum absolute atomic E-state index is 0.175. The van der Waals surface area contributed by atoms with Gasteiger partial charge >= 0.3 is 0 Å². The predicted octanol–water partition coefficient (Wildman–Crippen LogP) is 0.399. The number of amides is 1. The van der Waals surface area contributed by atoms with E-state index in [2.05, 4.69) is 29.0 Å². The number of nitrogens with two attached hydrogens (primary N) is 1. The van der Waals surface area contributed by atoms with Gasteiger partial charge in [-0.1, -0.05) is 13.8 Å². The molecule has 0 aromatic carbocycles. The lowest BCUT2D eigenvalue weighted by Gasteiger charge is -2.29. The van der Waals surface area contributed by atoms with E-state index in [0.717, 1.165) is 39.0 Å². The standard InChI is InChI=1S/C15H30N4O/c1-3-18(4-2)13-7-8-19(11-13)14(10-16)9-15(20)17-12-5-6-12/h12-14H,3-11,16H2,1-2H3,(H,17,20). The molecule has 1 heterocycles. The number of likely N-dealkylation sites (tertiary alicyclic amines) is 1. The zero-order valence-electron chi connectivity index (χ0n) is 13.0. The summed E-state index contributed by atoms with van der Waals surface area (Å²) in [6.45, 7) is 9.34. The summed E-state index contributed by atoms with van der Waals surface area (Å²) in [5.74, 6) is 0.175. The van der Waals surface area contributed by atoms with Crippen molar-refractivity contribution in [2.75, 3.05) is 32.7 Å². The third-order valence-electron chi connectivity index (χ3n) is 4.68.